The third kappa shape index (κ3) is 3.43. The van der Waals surface area contributed by atoms with E-state index in [1.165, 1.54) is 18.2 Å². The highest BCUT2D eigenvalue weighted by Gasteiger charge is 2.30. The predicted octanol–water partition coefficient (Wildman–Crippen LogP) is 2.48. The second-order valence-corrected chi connectivity index (χ2v) is 6.09. The summed E-state index contributed by atoms with van der Waals surface area (Å²) < 4.78 is 13.4. The van der Waals surface area contributed by atoms with Gasteiger partial charge in [0, 0.05) is 35.7 Å². The van der Waals surface area contributed by atoms with Gasteiger partial charge in [-0.15, -0.1) is 0 Å². The summed E-state index contributed by atoms with van der Waals surface area (Å²) in [4.78, 5) is 13.0. The number of aliphatic carboxylic acids is 1. The van der Waals surface area contributed by atoms with Crippen LogP contribution in [0, 0.1) is 5.82 Å². The van der Waals surface area contributed by atoms with Gasteiger partial charge in [0.1, 0.15) is 11.6 Å². The molecule has 0 bridgehead atoms. The molecule has 0 saturated carbocycles. The summed E-state index contributed by atoms with van der Waals surface area (Å²) in [5.74, 6) is 0.471. The summed E-state index contributed by atoms with van der Waals surface area (Å²) >= 11 is 1.73. The number of thioether (sulfide) groups is 1. The lowest BCUT2D eigenvalue weighted by atomic mass is 10.0. The molecule has 20 heavy (non-hydrogen) atoms. The lowest BCUT2D eigenvalue weighted by Crippen LogP contribution is -2.44. The van der Waals surface area contributed by atoms with Crippen molar-refractivity contribution in [1.82, 2.24) is 4.90 Å². The van der Waals surface area contributed by atoms with Crippen molar-refractivity contribution in [3.63, 3.8) is 0 Å². The topological polar surface area (TPSA) is 60.8 Å². The molecule has 6 heteroatoms. The number of carboxylic acids is 1. The molecule has 1 aliphatic heterocycles. The Bertz CT molecular complexity index is 497. The Labute approximate surface area is 121 Å². The number of hydrogen-bond acceptors (Lipinski definition) is 4. The molecule has 1 aromatic carbocycles. The first-order valence-corrected chi connectivity index (χ1v) is 7.68. The van der Waals surface area contributed by atoms with E-state index in [0.29, 0.717) is 5.56 Å². The monoisotopic (exact) mass is 299 g/mol. The van der Waals surface area contributed by atoms with Crippen LogP contribution in [0.3, 0.4) is 0 Å². The van der Waals surface area contributed by atoms with Crippen LogP contribution < -0.4 is 0 Å². The van der Waals surface area contributed by atoms with Gasteiger partial charge in [-0.3, -0.25) is 9.69 Å². The maximum absolute atomic E-state index is 13.4. The van der Waals surface area contributed by atoms with Crippen LogP contribution in [-0.4, -0.2) is 45.2 Å². The third-order valence-electron chi connectivity index (χ3n) is 3.62. The van der Waals surface area contributed by atoms with Gasteiger partial charge in [0.05, 0.1) is 6.42 Å². The number of carbonyl (C=O) groups is 1. The molecular formula is C14H18FNO3S. The van der Waals surface area contributed by atoms with Gasteiger partial charge in [-0.2, -0.15) is 11.8 Å². The minimum Gasteiger partial charge on any atom is -0.508 e. The zero-order valence-electron chi connectivity index (χ0n) is 11.3. The first-order chi connectivity index (χ1) is 9.49. The Balaban J connectivity index is 2.22. The first kappa shape index (κ1) is 15.1. The zero-order valence-corrected chi connectivity index (χ0v) is 12.1. The summed E-state index contributed by atoms with van der Waals surface area (Å²) in [6.07, 6.45) is 0.0629. The summed E-state index contributed by atoms with van der Waals surface area (Å²) in [6.45, 7) is 2.61. The average molecular weight is 299 g/mol. The maximum atomic E-state index is 13.4. The van der Waals surface area contributed by atoms with E-state index in [2.05, 4.69) is 0 Å². The second kappa shape index (κ2) is 6.45. The molecule has 0 spiro atoms. The smallest absolute Gasteiger partial charge is 0.304 e. The summed E-state index contributed by atoms with van der Waals surface area (Å²) in [5.41, 5.74) is 0.507. The standard InChI is InChI=1S/C14H18FNO3S/c1-9(12-6-10(15)2-3-13(12)17)16-4-5-20-8-11(16)7-14(18)19/h2-3,6,9,11,17H,4-5,7-8H2,1H3,(H,18,19). The zero-order chi connectivity index (χ0) is 14.7. The highest BCUT2D eigenvalue weighted by Crippen LogP contribution is 2.33. The van der Waals surface area contributed by atoms with Crippen LogP contribution in [0.15, 0.2) is 18.2 Å². The van der Waals surface area contributed by atoms with Gasteiger partial charge in [0.25, 0.3) is 0 Å². The minimum absolute atomic E-state index is 0.0474. The molecule has 0 aromatic heterocycles. The van der Waals surface area contributed by atoms with Crippen LogP contribution in [0.25, 0.3) is 0 Å². The van der Waals surface area contributed by atoms with Crippen LogP contribution in [0.1, 0.15) is 24.9 Å². The number of hydrogen-bond donors (Lipinski definition) is 2. The van der Waals surface area contributed by atoms with Crippen molar-refractivity contribution in [2.45, 2.75) is 25.4 Å². The Morgan fingerprint density at radius 1 is 1.60 bits per heavy atom. The molecular weight excluding hydrogens is 281 g/mol. The van der Waals surface area contributed by atoms with E-state index in [9.17, 15) is 14.3 Å². The molecule has 1 saturated heterocycles. The van der Waals surface area contributed by atoms with Crippen molar-refractivity contribution in [3.8, 4) is 5.75 Å². The van der Waals surface area contributed by atoms with Gasteiger partial charge in [-0.25, -0.2) is 4.39 Å². The van der Waals surface area contributed by atoms with Gasteiger partial charge in [-0.1, -0.05) is 0 Å². The van der Waals surface area contributed by atoms with Crippen molar-refractivity contribution in [2.75, 3.05) is 18.1 Å². The van der Waals surface area contributed by atoms with Gasteiger partial charge in [-0.05, 0) is 25.1 Å². The van der Waals surface area contributed by atoms with Crippen LogP contribution >= 0.6 is 11.8 Å². The molecule has 1 aromatic rings. The van der Waals surface area contributed by atoms with E-state index in [1.807, 2.05) is 11.8 Å². The molecule has 4 nitrogen and oxygen atoms in total. The van der Waals surface area contributed by atoms with Crippen molar-refractivity contribution in [1.29, 1.82) is 0 Å². The molecule has 2 N–H and O–H groups in total. The van der Waals surface area contributed by atoms with Crippen molar-refractivity contribution < 1.29 is 19.4 Å². The summed E-state index contributed by atoms with van der Waals surface area (Å²) in [5, 5.41) is 18.9. The van der Waals surface area contributed by atoms with E-state index in [-0.39, 0.29) is 24.3 Å². The average Bonchev–Trinajstić information content (AvgIpc) is 2.41. The van der Waals surface area contributed by atoms with E-state index in [0.717, 1.165) is 18.1 Å². The number of aromatic hydroxyl groups is 1. The number of benzene rings is 1. The normalized spacial score (nSPS) is 21.6. The summed E-state index contributed by atoms with van der Waals surface area (Å²) in [7, 11) is 0. The van der Waals surface area contributed by atoms with Gasteiger partial charge in [0.2, 0.25) is 0 Å². The fraction of sp³-hybridized carbons (Fsp3) is 0.500. The third-order valence-corrected chi connectivity index (χ3v) is 4.71. The molecule has 1 heterocycles. The second-order valence-electron chi connectivity index (χ2n) is 4.94. The Kier molecular flexibility index (Phi) is 4.88. The molecule has 0 amide bonds. The lowest BCUT2D eigenvalue weighted by Gasteiger charge is -2.39. The van der Waals surface area contributed by atoms with Gasteiger partial charge in [0.15, 0.2) is 0 Å². The van der Waals surface area contributed by atoms with Crippen molar-refractivity contribution in [3.05, 3.63) is 29.6 Å². The van der Waals surface area contributed by atoms with E-state index in [1.54, 1.807) is 11.8 Å². The molecule has 0 radical (unpaired) electrons. The quantitative estimate of drug-likeness (QED) is 0.894. The van der Waals surface area contributed by atoms with Gasteiger partial charge >= 0.3 is 5.97 Å². The molecule has 1 fully saturated rings. The Morgan fingerprint density at radius 2 is 2.35 bits per heavy atom. The van der Waals surface area contributed by atoms with E-state index < -0.39 is 11.8 Å². The SMILES string of the molecule is CC(c1cc(F)ccc1O)N1CCSCC1CC(=O)O. The fourth-order valence-electron chi connectivity index (χ4n) is 2.59. The largest absolute Gasteiger partial charge is 0.508 e. The number of carboxylic acid groups (broad SMARTS) is 1. The van der Waals surface area contributed by atoms with E-state index >= 15 is 0 Å². The van der Waals surface area contributed by atoms with Crippen molar-refractivity contribution in [2.24, 2.45) is 0 Å². The number of phenols is 1. The van der Waals surface area contributed by atoms with E-state index in [4.69, 9.17) is 5.11 Å². The number of rotatable bonds is 4. The first-order valence-electron chi connectivity index (χ1n) is 6.52. The van der Waals surface area contributed by atoms with Crippen LogP contribution in [-0.2, 0) is 4.79 Å². The summed E-state index contributed by atoms with van der Waals surface area (Å²) in [6, 6.07) is 3.57. The number of halogens is 1. The van der Waals surface area contributed by atoms with Crippen LogP contribution in [0.5, 0.6) is 5.75 Å². The molecule has 0 aliphatic carbocycles. The Hall–Kier alpha value is -1.27. The molecule has 110 valence electrons. The van der Waals surface area contributed by atoms with Gasteiger partial charge < -0.3 is 10.2 Å². The molecule has 2 unspecified atom stereocenters. The molecule has 1 aliphatic rings. The fourth-order valence-corrected chi connectivity index (χ4v) is 3.68. The lowest BCUT2D eigenvalue weighted by molar-refractivity contribution is -0.138. The number of phenolic OH excluding ortho intramolecular Hbond substituents is 1. The van der Waals surface area contributed by atoms with Crippen LogP contribution in [0.2, 0.25) is 0 Å². The maximum Gasteiger partial charge on any atom is 0.304 e. The molecule has 2 atom stereocenters. The Morgan fingerprint density at radius 3 is 3.05 bits per heavy atom. The number of nitrogens with zero attached hydrogens (tertiary/aromatic N) is 1. The predicted molar refractivity (Wildman–Crippen MR) is 76.6 cm³/mol. The highest BCUT2D eigenvalue weighted by atomic mass is 32.2. The van der Waals surface area contributed by atoms with Crippen molar-refractivity contribution >= 4 is 17.7 Å². The highest BCUT2D eigenvalue weighted by molar-refractivity contribution is 7.99. The minimum atomic E-state index is -0.835. The van der Waals surface area contributed by atoms with Crippen LogP contribution in [0.4, 0.5) is 4.39 Å². The molecule has 2 rings (SSSR count).